The fourth-order valence-corrected chi connectivity index (χ4v) is 5.58. The number of piperazine rings is 2. The van der Waals surface area contributed by atoms with Gasteiger partial charge >= 0.3 is 0 Å². The fraction of sp³-hybridized carbons (Fsp3) is 0.429. The summed E-state index contributed by atoms with van der Waals surface area (Å²) in [5.74, 6) is -0.130. The molecule has 0 aliphatic carbocycles. The quantitative estimate of drug-likeness (QED) is 0.822. The number of nitrogens with zero attached hydrogens (tertiary/aromatic N) is 2. The van der Waals surface area contributed by atoms with E-state index in [9.17, 15) is 18.0 Å². The lowest BCUT2D eigenvalue weighted by Crippen LogP contribution is -2.69. The van der Waals surface area contributed by atoms with Crippen molar-refractivity contribution in [3.63, 3.8) is 0 Å². The van der Waals surface area contributed by atoms with E-state index < -0.39 is 22.1 Å². The average molecular weight is 416 g/mol. The zero-order valence-corrected chi connectivity index (χ0v) is 17.4. The summed E-state index contributed by atoms with van der Waals surface area (Å²) in [5.41, 5.74) is 0. The number of nitrogens with one attached hydrogen (secondary N) is 1. The number of rotatable bonds is 4. The van der Waals surface area contributed by atoms with Crippen molar-refractivity contribution in [1.29, 1.82) is 0 Å². The molecule has 2 aromatic carbocycles. The van der Waals surface area contributed by atoms with Gasteiger partial charge in [-0.1, -0.05) is 44.2 Å². The van der Waals surface area contributed by atoms with Gasteiger partial charge in [0.25, 0.3) is 0 Å². The number of sulfonamides is 1. The van der Waals surface area contributed by atoms with Gasteiger partial charge in [-0.3, -0.25) is 9.59 Å². The highest BCUT2D eigenvalue weighted by Crippen LogP contribution is 2.26. The molecule has 8 heteroatoms. The van der Waals surface area contributed by atoms with Crippen molar-refractivity contribution in [3.05, 3.63) is 42.5 Å². The van der Waals surface area contributed by atoms with Gasteiger partial charge in [-0.05, 0) is 35.2 Å². The number of fused-ring (bicyclic) bond motifs is 2. The first-order valence-electron chi connectivity index (χ1n) is 9.87. The second-order valence-electron chi connectivity index (χ2n) is 8.11. The lowest BCUT2D eigenvalue weighted by Gasteiger charge is -2.45. The summed E-state index contributed by atoms with van der Waals surface area (Å²) in [7, 11) is -3.76. The van der Waals surface area contributed by atoms with Crippen LogP contribution in [0.5, 0.6) is 0 Å². The van der Waals surface area contributed by atoms with Crippen molar-refractivity contribution in [3.8, 4) is 0 Å². The van der Waals surface area contributed by atoms with Gasteiger partial charge in [0, 0.05) is 19.6 Å². The Hall–Kier alpha value is -2.45. The molecule has 2 atom stereocenters. The minimum atomic E-state index is -3.76. The van der Waals surface area contributed by atoms with E-state index in [0.717, 1.165) is 10.8 Å². The standard InChI is InChI=1S/C21H25N3O4S/c1-14(2)11-18-21(26)24-10-9-23(13-19(24)20(25)22-18)29(27,28)17-8-7-15-5-3-4-6-16(15)12-17/h3-8,12,14,18-19H,9-11,13H2,1-2H3,(H,22,25)/t18-,19-/m1/s1. The second kappa shape index (κ2) is 7.42. The Kier molecular flexibility index (Phi) is 5.08. The van der Waals surface area contributed by atoms with Crippen LogP contribution in [0.3, 0.4) is 0 Å². The molecule has 0 radical (unpaired) electrons. The summed E-state index contributed by atoms with van der Waals surface area (Å²) in [6.45, 7) is 4.37. The lowest BCUT2D eigenvalue weighted by atomic mass is 9.97. The Bertz CT molecular complexity index is 1070. The van der Waals surface area contributed by atoms with E-state index in [1.165, 1.54) is 9.21 Å². The summed E-state index contributed by atoms with van der Waals surface area (Å²) < 4.78 is 27.7. The maximum Gasteiger partial charge on any atom is 0.245 e. The number of carbonyl (C=O) groups is 2. The summed E-state index contributed by atoms with van der Waals surface area (Å²) in [5, 5.41) is 4.59. The average Bonchev–Trinajstić information content (AvgIpc) is 2.70. The normalized spacial score (nSPS) is 23.3. The molecular formula is C21H25N3O4S. The molecular weight excluding hydrogens is 390 g/mol. The Morgan fingerprint density at radius 3 is 2.52 bits per heavy atom. The Labute approximate surface area is 170 Å². The number of hydrogen-bond acceptors (Lipinski definition) is 4. The molecule has 0 spiro atoms. The van der Waals surface area contributed by atoms with Crippen LogP contribution in [-0.4, -0.2) is 61.2 Å². The molecule has 0 bridgehead atoms. The van der Waals surface area contributed by atoms with Gasteiger partial charge < -0.3 is 10.2 Å². The Balaban J connectivity index is 1.57. The first-order valence-corrected chi connectivity index (χ1v) is 11.3. The maximum absolute atomic E-state index is 13.2. The van der Waals surface area contributed by atoms with E-state index in [4.69, 9.17) is 0 Å². The topological polar surface area (TPSA) is 86.8 Å². The summed E-state index contributed by atoms with van der Waals surface area (Å²) in [4.78, 5) is 27.1. The van der Waals surface area contributed by atoms with Gasteiger partial charge in [0.1, 0.15) is 12.1 Å². The fourth-order valence-electron chi connectivity index (χ4n) is 4.10. The maximum atomic E-state index is 13.2. The van der Waals surface area contributed by atoms with Crippen molar-refractivity contribution in [1.82, 2.24) is 14.5 Å². The first kappa shape index (κ1) is 19.8. The molecule has 2 fully saturated rings. The minimum absolute atomic E-state index is 0.0267. The van der Waals surface area contributed by atoms with Crippen molar-refractivity contribution >= 4 is 32.6 Å². The van der Waals surface area contributed by atoms with Crippen LogP contribution in [-0.2, 0) is 19.6 Å². The zero-order chi connectivity index (χ0) is 20.8. The van der Waals surface area contributed by atoms with Gasteiger partial charge in [0.05, 0.1) is 4.90 Å². The summed E-state index contributed by atoms with van der Waals surface area (Å²) in [6.07, 6.45) is 0.576. The van der Waals surface area contributed by atoms with Gasteiger partial charge in [0.2, 0.25) is 21.8 Å². The molecule has 2 amide bonds. The SMILES string of the molecule is CC(C)C[C@H]1NC(=O)[C@H]2CN(S(=O)(=O)c3ccc4ccccc4c3)CCN2C1=O. The Morgan fingerprint density at radius 1 is 1.07 bits per heavy atom. The highest BCUT2D eigenvalue weighted by Gasteiger charge is 2.45. The van der Waals surface area contributed by atoms with Crippen LogP contribution in [0.25, 0.3) is 10.8 Å². The van der Waals surface area contributed by atoms with Gasteiger partial charge in [-0.2, -0.15) is 4.31 Å². The molecule has 0 aromatic heterocycles. The third-order valence-corrected chi connectivity index (χ3v) is 7.47. The molecule has 1 N–H and O–H groups in total. The van der Waals surface area contributed by atoms with E-state index in [1.807, 2.05) is 38.1 Å². The Morgan fingerprint density at radius 2 is 1.79 bits per heavy atom. The smallest absolute Gasteiger partial charge is 0.245 e. The van der Waals surface area contributed by atoms with Crippen molar-refractivity contribution < 1.29 is 18.0 Å². The molecule has 154 valence electrons. The number of benzene rings is 2. The summed E-state index contributed by atoms with van der Waals surface area (Å²) in [6, 6.07) is 11.3. The molecule has 2 aromatic rings. The predicted octanol–water partition coefficient (Wildman–Crippen LogP) is 1.59. The van der Waals surface area contributed by atoms with Gasteiger partial charge in [0.15, 0.2) is 0 Å². The minimum Gasteiger partial charge on any atom is -0.342 e. The molecule has 4 rings (SSSR count). The van der Waals surface area contributed by atoms with Crippen molar-refractivity contribution in [2.45, 2.75) is 37.2 Å². The third-order valence-electron chi connectivity index (χ3n) is 5.61. The van der Waals surface area contributed by atoms with E-state index in [-0.39, 0.29) is 42.3 Å². The lowest BCUT2D eigenvalue weighted by molar-refractivity contribution is -0.152. The zero-order valence-electron chi connectivity index (χ0n) is 16.5. The van der Waals surface area contributed by atoms with Crippen LogP contribution in [0, 0.1) is 5.92 Å². The van der Waals surface area contributed by atoms with E-state index >= 15 is 0 Å². The monoisotopic (exact) mass is 415 g/mol. The molecule has 0 unspecified atom stereocenters. The molecule has 2 heterocycles. The highest BCUT2D eigenvalue weighted by molar-refractivity contribution is 7.89. The van der Waals surface area contributed by atoms with Gasteiger partial charge in [-0.25, -0.2) is 8.42 Å². The van der Waals surface area contributed by atoms with E-state index in [2.05, 4.69) is 5.32 Å². The van der Waals surface area contributed by atoms with Crippen LogP contribution in [0.1, 0.15) is 20.3 Å². The van der Waals surface area contributed by atoms with E-state index in [1.54, 1.807) is 18.2 Å². The van der Waals surface area contributed by atoms with Crippen molar-refractivity contribution in [2.24, 2.45) is 5.92 Å². The first-order chi connectivity index (χ1) is 13.8. The van der Waals surface area contributed by atoms with Crippen LogP contribution >= 0.6 is 0 Å². The van der Waals surface area contributed by atoms with Gasteiger partial charge in [-0.15, -0.1) is 0 Å². The largest absolute Gasteiger partial charge is 0.342 e. The summed E-state index contributed by atoms with van der Waals surface area (Å²) >= 11 is 0. The number of amides is 2. The van der Waals surface area contributed by atoms with Crippen LogP contribution < -0.4 is 5.32 Å². The number of carbonyl (C=O) groups excluding carboxylic acids is 2. The third kappa shape index (κ3) is 3.62. The number of hydrogen-bond donors (Lipinski definition) is 1. The molecule has 0 saturated carbocycles. The molecule has 2 aliphatic rings. The van der Waals surface area contributed by atoms with Crippen molar-refractivity contribution in [2.75, 3.05) is 19.6 Å². The molecule has 7 nitrogen and oxygen atoms in total. The van der Waals surface area contributed by atoms with E-state index in [0.29, 0.717) is 6.42 Å². The van der Waals surface area contributed by atoms with Crippen LogP contribution in [0.4, 0.5) is 0 Å². The molecule has 29 heavy (non-hydrogen) atoms. The second-order valence-corrected chi connectivity index (χ2v) is 10.0. The molecule has 2 saturated heterocycles. The molecule has 2 aliphatic heterocycles. The van der Waals surface area contributed by atoms with Crippen LogP contribution in [0.15, 0.2) is 47.4 Å². The van der Waals surface area contributed by atoms with Crippen LogP contribution in [0.2, 0.25) is 0 Å². The highest BCUT2D eigenvalue weighted by atomic mass is 32.2. The predicted molar refractivity (Wildman–Crippen MR) is 110 cm³/mol.